The van der Waals surface area contributed by atoms with Gasteiger partial charge in [-0.15, -0.1) is 0 Å². The molecule has 1 saturated heterocycles. The highest BCUT2D eigenvalue weighted by Gasteiger charge is 2.29. The first-order valence-electron chi connectivity index (χ1n) is 10.8. The van der Waals surface area contributed by atoms with Crippen molar-refractivity contribution in [1.29, 1.82) is 0 Å². The molecule has 0 unspecified atom stereocenters. The Morgan fingerprint density at radius 2 is 2.06 bits per heavy atom. The molecular weight excluding hydrogens is 404 g/mol. The van der Waals surface area contributed by atoms with E-state index in [1.807, 2.05) is 0 Å². The Balaban J connectivity index is 1.30. The fourth-order valence-electron chi connectivity index (χ4n) is 4.06. The molecule has 2 amide bonds. The minimum Gasteiger partial charge on any atom is -0.407 e. The van der Waals surface area contributed by atoms with Crippen LogP contribution in [0.15, 0.2) is 27.4 Å². The summed E-state index contributed by atoms with van der Waals surface area (Å²) in [6.07, 6.45) is 4.64. The zero-order chi connectivity index (χ0) is 22.0. The molecule has 2 fully saturated rings. The molecule has 10 nitrogen and oxygen atoms in total. The third kappa shape index (κ3) is 4.95. The number of likely N-dealkylation sites (tertiary alicyclic amines) is 1. The monoisotopic (exact) mass is 430 g/mol. The maximum Gasteiger partial charge on any atom is 0.419 e. The molecule has 1 aliphatic carbocycles. The number of nitrogens with zero attached hydrogens (tertiary/aromatic N) is 3. The third-order valence-corrected chi connectivity index (χ3v) is 6.04. The molecular formula is C21H26N4O6. The number of amides is 2. The van der Waals surface area contributed by atoms with E-state index in [0.717, 1.165) is 19.4 Å². The van der Waals surface area contributed by atoms with Crippen molar-refractivity contribution >= 4 is 28.6 Å². The molecule has 2 aliphatic rings. The Hall–Kier alpha value is -3.17. The summed E-state index contributed by atoms with van der Waals surface area (Å²) < 4.78 is 6.50. The lowest BCUT2D eigenvalue weighted by atomic mass is 9.96. The van der Waals surface area contributed by atoms with Gasteiger partial charge in [0.25, 0.3) is 5.69 Å². The second-order valence-electron chi connectivity index (χ2n) is 8.40. The highest BCUT2D eigenvalue weighted by molar-refractivity contribution is 5.81. The zero-order valence-electron chi connectivity index (χ0n) is 17.2. The molecule has 166 valence electrons. The highest BCUT2D eigenvalue weighted by atomic mass is 16.6. The van der Waals surface area contributed by atoms with E-state index in [2.05, 4.69) is 5.32 Å². The summed E-state index contributed by atoms with van der Waals surface area (Å²) in [6, 6.07) is 4.03. The van der Waals surface area contributed by atoms with Gasteiger partial charge >= 0.3 is 5.76 Å². The van der Waals surface area contributed by atoms with Gasteiger partial charge in [0.05, 0.1) is 22.4 Å². The van der Waals surface area contributed by atoms with Gasteiger partial charge in [0.1, 0.15) is 0 Å². The molecule has 1 aliphatic heterocycles. The second kappa shape index (κ2) is 8.91. The van der Waals surface area contributed by atoms with Crippen molar-refractivity contribution in [3.63, 3.8) is 0 Å². The SMILES string of the molecule is O=C(NCC1CC1)[C@H]1CCCN(C(=O)CCCn2c(=O)oc3cc([N+](=O)[O-])ccc32)C1. The normalized spacial score (nSPS) is 18.8. The maximum absolute atomic E-state index is 12.6. The Labute approximate surface area is 178 Å². The number of benzene rings is 1. The molecule has 2 heterocycles. The van der Waals surface area contributed by atoms with E-state index in [0.29, 0.717) is 30.9 Å². The summed E-state index contributed by atoms with van der Waals surface area (Å²) >= 11 is 0. The lowest BCUT2D eigenvalue weighted by Crippen LogP contribution is -2.45. The van der Waals surface area contributed by atoms with E-state index in [-0.39, 0.29) is 42.0 Å². The van der Waals surface area contributed by atoms with E-state index < -0.39 is 10.7 Å². The van der Waals surface area contributed by atoms with E-state index in [1.54, 1.807) is 4.90 Å². The molecule has 2 aromatic rings. The molecule has 0 spiro atoms. The van der Waals surface area contributed by atoms with Gasteiger partial charge in [-0.05, 0) is 44.1 Å². The number of carbonyl (C=O) groups is 2. The number of fused-ring (bicyclic) bond motifs is 1. The first-order chi connectivity index (χ1) is 14.9. The first kappa shape index (κ1) is 21.1. The van der Waals surface area contributed by atoms with Crippen LogP contribution in [0.3, 0.4) is 0 Å². The summed E-state index contributed by atoms with van der Waals surface area (Å²) in [5.74, 6) is -0.133. The van der Waals surface area contributed by atoms with Crippen LogP contribution >= 0.6 is 0 Å². The smallest absolute Gasteiger partial charge is 0.407 e. The molecule has 1 N–H and O–H groups in total. The molecule has 1 aromatic carbocycles. The minimum absolute atomic E-state index is 0.0313. The highest BCUT2D eigenvalue weighted by Crippen LogP contribution is 2.28. The van der Waals surface area contributed by atoms with Crippen LogP contribution in [0.2, 0.25) is 0 Å². The van der Waals surface area contributed by atoms with Gasteiger partial charge < -0.3 is 14.6 Å². The average Bonchev–Trinajstić information content (AvgIpc) is 3.54. The van der Waals surface area contributed by atoms with Crippen molar-refractivity contribution in [2.24, 2.45) is 11.8 Å². The van der Waals surface area contributed by atoms with Crippen LogP contribution in [0.1, 0.15) is 38.5 Å². The van der Waals surface area contributed by atoms with E-state index in [9.17, 15) is 24.5 Å². The van der Waals surface area contributed by atoms with Crippen molar-refractivity contribution in [2.75, 3.05) is 19.6 Å². The van der Waals surface area contributed by atoms with E-state index in [1.165, 1.54) is 35.6 Å². The van der Waals surface area contributed by atoms with Crippen molar-refractivity contribution in [1.82, 2.24) is 14.8 Å². The molecule has 10 heteroatoms. The van der Waals surface area contributed by atoms with Crippen molar-refractivity contribution in [3.8, 4) is 0 Å². The Kier molecular flexibility index (Phi) is 6.06. The van der Waals surface area contributed by atoms with Crippen LogP contribution in [-0.2, 0) is 16.1 Å². The van der Waals surface area contributed by atoms with E-state index in [4.69, 9.17) is 4.42 Å². The third-order valence-electron chi connectivity index (χ3n) is 6.04. The number of carbonyl (C=O) groups excluding carboxylic acids is 2. The van der Waals surface area contributed by atoms with Crippen molar-refractivity contribution in [2.45, 2.75) is 45.1 Å². The van der Waals surface area contributed by atoms with E-state index >= 15 is 0 Å². The predicted molar refractivity (Wildman–Crippen MR) is 111 cm³/mol. The molecule has 1 saturated carbocycles. The lowest BCUT2D eigenvalue weighted by Gasteiger charge is -2.32. The second-order valence-corrected chi connectivity index (χ2v) is 8.40. The number of hydrogen-bond donors (Lipinski definition) is 1. The quantitative estimate of drug-likeness (QED) is 0.504. The number of oxazole rings is 1. The van der Waals surface area contributed by atoms with Crippen LogP contribution in [0.5, 0.6) is 0 Å². The number of nitro groups is 1. The van der Waals surface area contributed by atoms with Gasteiger partial charge in [-0.2, -0.15) is 0 Å². The number of nitrogens with one attached hydrogen (secondary N) is 1. The van der Waals surface area contributed by atoms with Crippen LogP contribution in [0, 0.1) is 22.0 Å². The summed E-state index contributed by atoms with van der Waals surface area (Å²) in [4.78, 5) is 49.2. The van der Waals surface area contributed by atoms with Gasteiger partial charge in [-0.3, -0.25) is 24.3 Å². The topological polar surface area (TPSA) is 128 Å². The molecule has 31 heavy (non-hydrogen) atoms. The fraction of sp³-hybridized carbons (Fsp3) is 0.571. The number of aromatic nitrogens is 1. The number of nitro benzene ring substituents is 1. The number of piperidine rings is 1. The van der Waals surface area contributed by atoms with Gasteiger partial charge in [0.2, 0.25) is 11.8 Å². The van der Waals surface area contributed by atoms with Gasteiger partial charge in [0.15, 0.2) is 5.58 Å². The Morgan fingerprint density at radius 3 is 2.81 bits per heavy atom. The summed E-state index contributed by atoms with van der Waals surface area (Å²) in [5.41, 5.74) is 0.472. The van der Waals surface area contributed by atoms with Crippen molar-refractivity contribution < 1.29 is 18.9 Å². The predicted octanol–water partition coefficient (Wildman–Crippen LogP) is 2.05. The number of rotatable bonds is 8. The van der Waals surface area contributed by atoms with Gasteiger partial charge in [0, 0.05) is 38.7 Å². The van der Waals surface area contributed by atoms with Crippen LogP contribution in [0.25, 0.3) is 11.1 Å². The lowest BCUT2D eigenvalue weighted by molar-refractivity contribution is -0.384. The van der Waals surface area contributed by atoms with Gasteiger partial charge in [-0.25, -0.2) is 4.79 Å². The number of hydrogen-bond acceptors (Lipinski definition) is 6. The number of aryl methyl sites for hydroxylation is 1. The summed E-state index contributed by atoms with van der Waals surface area (Å²) in [7, 11) is 0. The Morgan fingerprint density at radius 1 is 1.26 bits per heavy atom. The fourth-order valence-corrected chi connectivity index (χ4v) is 4.06. The zero-order valence-corrected chi connectivity index (χ0v) is 17.2. The molecule has 4 rings (SSSR count). The molecule has 1 aromatic heterocycles. The number of non-ortho nitro benzene ring substituents is 1. The van der Waals surface area contributed by atoms with Gasteiger partial charge in [-0.1, -0.05) is 0 Å². The van der Waals surface area contributed by atoms with Crippen LogP contribution < -0.4 is 11.1 Å². The summed E-state index contributed by atoms with van der Waals surface area (Å²) in [6.45, 7) is 2.09. The molecule has 0 bridgehead atoms. The Bertz CT molecular complexity index is 1050. The first-order valence-corrected chi connectivity index (χ1v) is 10.8. The van der Waals surface area contributed by atoms with Crippen LogP contribution in [0.4, 0.5) is 5.69 Å². The molecule has 0 radical (unpaired) electrons. The minimum atomic E-state index is -0.603. The largest absolute Gasteiger partial charge is 0.419 e. The maximum atomic E-state index is 12.6. The standard InChI is InChI=1S/C21H26N4O6/c26-19(23-9-1-3-15(13-23)20(27)22-12-14-5-6-14)4-2-10-24-17-8-7-16(25(29)30)11-18(17)31-21(24)28/h7-8,11,14-15H,1-6,9-10,12-13H2,(H,22,27)/t15-/m0/s1. The van der Waals surface area contributed by atoms with Crippen molar-refractivity contribution in [3.05, 3.63) is 38.9 Å². The van der Waals surface area contributed by atoms with Crippen LogP contribution in [-0.4, -0.2) is 45.8 Å². The summed E-state index contributed by atoms with van der Waals surface area (Å²) in [5, 5.41) is 13.9. The molecule has 1 atom stereocenters. The average molecular weight is 430 g/mol.